The summed E-state index contributed by atoms with van der Waals surface area (Å²) in [5.74, 6) is 1.17. The Bertz CT molecular complexity index is 828. The van der Waals surface area contributed by atoms with Gasteiger partial charge in [0.15, 0.2) is 5.78 Å². The first-order valence-corrected chi connectivity index (χ1v) is 10.6. The second-order valence-electron chi connectivity index (χ2n) is 7.78. The Morgan fingerprint density at radius 1 is 1.14 bits per heavy atom. The minimum Gasteiger partial charge on any atom is -0.497 e. The number of ketones is 1. The normalized spacial score (nSPS) is 14.5. The van der Waals surface area contributed by atoms with Crippen molar-refractivity contribution in [3.05, 3.63) is 30.0 Å². The molecule has 1 aromatic carbocycles. The third-order valence-corrected chi connectivity index (χ3v) is 5.73. The SMILES string of the molecule is CCCN(CCC)C(=O)Cn1cc(C(=O)C2CCCC2)c2ccc(OC)cc21. The number of amides is 1. The molecular weight excluding hydrogens is 352 g/mol. The molecule has 0 atom stereocenters. The Morgan fingerprint density at radius 2 is 1.82 bits per heavy atom. The molecule has 1 aliphatic carbocycles. The van der Waals surface area contributed by atoms with Crippen LogP contribution in [0.2, 0.25) is 0 Å². The zero-order valence-corrected chi connectivity index (χ0v) is 17.4. The van der Waals surface area contributed by atoms with Gasteiger partial charge in [-0.25, -0.2) is 0 Å². The third-order valence-electron chi connectivity index (χ3n) is 5.73. The van der Waals surface area contributed by atoms with Gasteiger partial charge in [0.2, 0.25) is 5.91 Å². The number of carbonyl (C=O) groups excluding carboxylic acids is 2. The summed E-state index contributed by atoms with van der Waals surface area (Å²) in [6.45, 7) is 5.96. The Balaban J connectivity index is 1.96. The Morgan fingerprint density at radius 3 is 2.43 bits per heavy atom. The first-order chi connectivity index (χ1) is 13.6. The summed E-state index contributed by atoms with van der Waals surface area (Å²) in [5, 5.41) is 0.919. The van der Waals surface area contributed by atoms with Gasteiger partial charge in [-0.05, 0) is 37.8 Å². The van der Waals surface area contributed by atoms with Crippen molar-refractivity contribution in [2.45, 2.75) is 58.9 Å². The van der Waals surface area contributed by atoms with Crippen LogP contribution in [0, 0.1) is 5.92 Å². The Kier molecular flexibility index (Phi) is 6.76. The summed E-state index contributed by atoms with van der Waals surface area (Å²) in [7, 11) is 1.63. The summed E-state index contributed by atoms with van der Waals surface area (Å²) in [6, 6.07) is 5.77. The molecule has 1 amide bonds. The molecule has 1 aliphatic rings. The first kappa shape index (κ1) is 20.4. The minimum atomic E-state index is 0.100. The summed E-state index contributed by atoms with van der Waals surface area (Å²) < 4.78 is 7.31. The van der Waals surface area contributed by atoms with E-state index in [1.807, 2.05) is 33.9 Å². The molecule has 3 rings (SSSR count). The van der Waals surface area contributed by atoms with Crippen molar-refractivity contribution in [3.63, 3.8) is 0 Å². The molecule has 1 saturated carbocycles. The van der Waals surface area contributed by atoms with Crippen LogP contribution in [0.25, 0.3) is 10.9 Å². The molecule has 28 heavy (non-hydrogen) atoms. The molecule has 0 saturated heterocycles. The fourth-order valence-corrected chi connectivity index (χ4v) is 4.28. The Hall–Kier alpha value is -2.30. The van der Waals surface area contributed by atoms with E-state index >= 15 is 0 Å². The molecule has 0 radical (unpaired) electrons. The fourth-order valence-electron chi connectivity index (χ4n) is 4.28. The van der Waals surface area contributed by atoms with E-state index in [0.29, 0.717) is 0 Å². The van der Waals surface area contributed by atoms with Gasteiger partial charge in [0, 0.05) is 42.2 Å². The highest BCUT2D eigenvalue weighted by Gasteiger charge is 2.27. The lowest BCUT2D eigenvalue weighted by atomic mass is 9.96. The molecule has 2 aromatic rings. The average molecular weight is 385 g/mol. The number of nitrogens with zero attached hydrogens (tertiary/aromatic N) is 2. The van der Waals surface area contributed by atoms with Crippen molar-refractivity contribution < 1.29 is 14.3 Å². The number of carbonyl (C=O) groups is 2. The number of Topliss-reactive ketones (excluding diaryl/α,β-unsaturated/α-hetero) is 1. The van der Waals surface area contributed by atoms with E-state index in [4.69, 9.17) is 4.74 Å². The van der Waals surface area contributed by atoms with Crippen LogP contribution in [0.3, 0.4) is 0 Å². The van der Waals surface area contributed by atoms with Crippen molar-refractivity contribution in [2.24, 2.45) is 5.92 Å². The summed E-state index contributed by atoms with van der Waals surface area (Å²) >= 11 is 0. The van der Waals surface area contributed by atoms with Crippen molar-refractivity contribution in [1.82, 2.24) is 9.47 Å². The van der Waals surface area contributed by atoms with E-state index in [1.54, 1.807) is 7.11 Å². The Labute approximate surface area is 167 Å². The van der Waals surface area contributed by atoms with Crippen LogP contribution >= 0.6 is 0 Å². The van der Waals surface area contributed by atoms with Gasteiger partial charge in [0.05, 0.1) is 12.6 Å². The molecule has 1 heterocycles. The molecule has 5 heteroatoms. The van der Waals surface area contributed by atoms with Gasteiger partial charge in [-0.15, -0.1) is 0 Å². The van der Waals surface area contributed by atoms with E-state index in [2.05, 4.69) is 13.8 Å². The lowest BCUT2D eigenvalue weighted by Gasteiger charge is -2.22. The zero-order valence-electron chi connectivity index (χ0n) is 17.4. The van der Waals surface area contributed by atoms with Crippen LogP contribution in [0.5, 0.6) is 5.75 Å². The van der Waals surface area contributed by atoms with Crippen LogP contribution in [0.1, 0.15) is 62.7 Å². The lowest BCUT2D eigenvalue weighted by Crippen LogP contribution is -2.35. The first-order valence-electron chi connectivity index (χ1n) is 10.6. The van der Waals surface area contributed by atoms with E-state index in [-0.39, 0.29) is 24.2 Å². The molecule has 0 bridgehead atoms. The van der Waals surface area contributed by atoms with Gasteiger partial charge in [0.25, 0.3) is 0 Å². The fraction of sp³-hybridized carbons (Fsp3) is 0.565. The molecule has 0 aliphatic heterocycles. The van der Waals surface area contributed by atoms with Gasteiger partial charge in [-0.1, -0.05) is 26.7 Å². The topological polar surface area (TPSA) is 51.5 Å². The predicted octanol–water partition coefficient (Wildman–Crippen LogP) is 4.67. The third kappa shape index (κ3) is 4.23. The van der Waals surface area contributed by atoms with Crippen LogP contribution < -0.4 is 4.74 Å². The smallest absolute Gasteiger partial charge is 0.242 e. The summed E-state index contributed by atoms with van der Waals surface area (Å²) in [5.41, 5.74) is 1.64. The standard InChI is InChI=1S/C23H32N2O3/c1-4-12-24(13-5-2)22(26)16-25-15-20(23(27)17-8-6-7-9-17)19-11-10-18(28-3)14-21(19)25/h10-11,14-15,17H,4-9,12-13,16H2,1-3H3. The van der Waals surface area contributed by atoms with Crippen LogP contribution in [0.4, 0.5) is 0 Å². The maximum Gasteiger partial charge on any atom is 0.242 e. The van der Waals surface area contributed by atoms with E-state index in [1.165, 1.54) is 0 Å². The van der Waals surface area contributed by atoms with Gasteiger partial charge < -0.3 is 14.2 Å². The number of benzene rings is 1. The van der Waals surface area contributed by atoms with Crippen molar-refractivity contribution in [3.8, 4) is 5.75 Å². The molecule has 0 spiro atoms. The van der Waals surface area contributed by atoms with Gasteiger partial charge in [-0.3, -0.25) is 9.59 Å². The molecule has 5 nitrogen and oxygen atoms in total. The number of fused-ring (bicyclic) bond motifs is 1. The summed E-state index contributed by atoms with van der Waals surface area (Å²) in [4.78, 5) is 27.9. The maximum absolute atomic E-state index is 13.1. The molecular formula is C23H32N2O3. The average Bonchev–Trinajstić information content (AvgIpc) is 3.35. The van der Waals surface area contributed by atoms with Crippen LogP contribution in [-0.4, -0.2) is 41.4 Å². The van der Waals surface area contributed by atoms with Crippen molar-refractivity contribution in [2.75, 3.05) is 20.2 Å². The highest BCUT2D eigenvalue weighted by atomic mass is 16.5. The predicted molar refractivity (Wildman–Crippen MR) is 112 cm³/mol. The van der Waals surface area contributed by atoms with Crippen molar-refractivity contribution >= 4 is 22.6 Å². The lowest BCUT2D eigenvalue weighted by molar-refractivity contribution is -0.131. The van der Waals surface area contributed by atoms with Crippen LogP contribution in [-0.2, 0) is 11.3 Å². The largest absolute Gasteiger partial charge is 0.497 e. The van der Waals surface area contributed by atoms with Gasteiger partial charge in [0.1, 0.15) is 12.3 Å². The molecule has 1 aromatic heterocycles. The molecule has 1 fully saturated rings. The molecule has 0 unspecified atom stereocenters. The highest BCUT2D eigenvalue weighted by molar-refractivity contribution is 6.09. The van der Waals surface area contributed by atoms with E-state index in [0.717, 1.165) is 73.8 Å². The number of hydrogen-bond donors (Lipinski definition) is 0. The van der Waals surface area contributed by atoms with E-state index < -0.39 is 0 Å². The second kappa shape index (κ2) is 9.26. The monoisotopic (exact) mass is 384 g/mol. The van der Waals surface area contributed by atoms with Crippen LogP contribution in [0.15, 0.2) is 24.4 Å². The van der Waals surface area contributed by atoms with Crippen molar-refractivity contribution in [1.29, 1.82) is 0 Å². The van der Waals surface area contributed by atoms with Gasteiger partial charge >= 0.3 is 0 Å². The molecule has 152 valence electrons. The number of aromatic nitrogens is 1. The van der Waals surface area contributed by atoms with Gasteiger partial charge in [-0.2, -0.15) is 0 Å². The number of methoxy groups -OCH3 is 1. The maximum atomic E-state index is 13.1. The zero-order chi connectivity index (χ0) is 20.1. The number of rotatable bonds is 9. The molecule has 0 N–H and O–H groups in total. The number of ether oxygens (including phenoxy) is 1. The second-order valence-corrected chi connectivity index (χ2v) is 7.78. The summed E-state index contributed by atoms with van der Waals surface area (Å²) in [6.07, 6.45) is 7.98. The van der Waals surface area contributed by atoms with E-state index in [9.17, 15) is 9.59 Å². The minimum absolute atomic E-state index is 0.100. The highest BCUT2D eigenvalue weighted by Crippen LogP contribution is 2.33. The number of hydrogen-bond acceptors (Lipinski definition) is 3. The quantitative estimate of drug-likeness (QED) is 0.590.